The third kappa shape index (κ3) is 4.47. The van der Waals surface area contributed by atoms with Gasteiger partial charge in [0.25, 0.3) is 0 Å². The van der Waals surface area contributed by atoms with Crippen molar-refractivity contribution >= 4 is 29.1 Å². The molecule has 0 unspecified atom stereocenters. The molecule has 34 heavy (non-hydrogen) atoms. The maximum atomic E-state index is 6.47. The fraction of sp³-hybridized carbons (Fsp3) is 0.160. The first-order valence-electron chi connectivity index (χ1n) is 10.5. The largest absolute Gasteiger partial charge is 0.493 e. The molecule has 0 spiro atoms. The fourth-order valence-corrected chi connectivity index (χ4v) is 4.70. The van der Waals surface area contributed by atoms with Crippen LogP contribution in [0.1, 0.15) is 17.4 Å². The first-order valence-corrected chi connectivity index (χ1v) is 11.9. The molecule has 1 N–H and O–H groups in total. The summed E-state index contributed by atoms with van der Waals surface area (Å²) in [4.78, 5) is 4.70. The highest BCUT2D eigenvalue weighted by Gasteiger charge is 2.27. The Balaban J connectivity index is 1.52. The van der Waals surface area contributed by atoms with Crippen molar-refractivity contribution in [2.45, 2.75) is 17.1 Å². The summed E-state index contributed by atoms with van der Waals surface area (Å²) < 4.78 is 17.2. The van der Waals surface area contributed by atoms with E-state index in [1.54, 1.807) is 20.3 Å². The number of benzene rings is 3. The lowest BCUT2D eigenvalue weighted by Gasteiger charge is -2.21. The Hall–Kier alpha value is -3.49. The molecule has 7 nitrogen and oxygen atoms in total. The number of fused-ring (bicyclic) bond motifs is 3. The second kappa shape index (κ2) is 9.79. The van der Waals surface area contributed by atoms with Gasteiger partial charge in [-0.3, -0.25) is 0 Å². The summed E-state index contributed by atoms with van der Waals surface area (Å²) in [5, 5.41) is 13.2. The first-order chi connectivity index (χ1) is 16.7. The summed E-state index contributed by atoms with van der Waals surface area (Å²) >= 11 is 7.97. The molecule has 9 heteroatoms. The molecule has 3 aromatic carbocycles. The maximum Gasteiger partial charge on any atom is 0.247 e. The van der Waals surface area contributed by atoms with Crippen molar-refractivity contribution in [2.24, 2.45) is 0 Å². The number of methoxy groups -OCH3 is 2. The van der Waals surface area contributed by atoms with Crippen molar-refractivity contribution < 1.29 is 14.2 Å². The molecule has 0 saturated carbocycles. The molecular weight excluding hydrogens is 472 g/mol. The van der Waals surface area contributed by atoms with Crippen LogP contribution in [0.2, 0.25) is 5.02 Å². The number of hydrogen-bond acceptors (Lipinski definition) is 8. The van der Waals surface area contributed by atoms with Crippen molar-refractivity contribution in [3.05, 3.63) is 82.9 Å². The Morgan fingerprint density at radius 1 is 1.00 bits per heavy atom. The van der Waals surface area contributed by atoms with E-state index >= 15 is 0 Å². The van der Waals surface area contributed by atoms with Gasteiger partial charge in [-0.15, -0.1) is 10.2 Å². The van der Waals surface area contributed by atoms with E-state index in [0.717, 1.165) is 22.6 Å². The Morgan fingerprint density at radius 2 is 1.79 bits per heavy atom. The maximum absolute atomic E-state index is 6.47. The number of rotatable bonds is 6. The van der Waals surface area contributed by atoms with Gasteiger partial charge in [0.05, 0.1) is 19.2 Å². The molecule has 0 fully saturated rings. The van der Waals surface area contributed by atoms with E-state index < -0.39 is 6.23 Å². The van der Waals surface area contributed by atoms with Crippen molar-refractivity contribution in [1.29, 1.82) is 0 Å². The van der Waals surface area contributed by atoms with Crippen LogP contribution in [0.25, 0.3) is 11.3 Å². The van der Waals surface area contributed by atoms with Crippen LogP contribution in [0.3, 0.4) is 0 Å². The van der Waals surface area contributed by atoms with Gasteiger partial charge in [-0.1, -0.05) is 71.9 Å². The molecule has 0 saturated heterocycles. The van der Waals surface area contributed by atoms with Gasteiger partial charge >= 0.3 is 0 Å². The van der Waals surface area contributed by atoms with Crippen molar-refractivity contribution in [3.8, 4) is 28.6 Å². The van der Waals surface area contributed by atoms with Crippen LogP contribution in [0, 0.1) is 0 Å². The van der Waals surface area contributed by atoms with Crippen LogP contribution >= 0.6 is 23.4 Å². The zero-order valence-corrected chi connectivity index (χ0v) is 20.1. The molecule has 0 amide bonds. The smallest absolute Gasteiger partial charge is 0.247 e. The van der Waals surface area contributed by atoms with Gasteiger partial charge in [-0.05, 0) is 23.8 Å². The number of anilines is 1. The van der Waals surface area contributed by atoms with Crippen molar-refractivity contribution in [3.63, 3.8) is 0 Å². The number of thioether (sulfide) groups is 1. The second-order valence-electron chi connectivity index (χ2n) is 7.45. The molecule has 2 heterocycles. The van der Waals surface area contributed by atoms with Crippen LogP contribution < -0.4 is 19.5 Å². The van der Waals surface area contributed by atoms with E-state index in [9.17, 15) is 0 Å². The Kier molecular flexibility index (Phi) is 6.42. The van der Waals surface area contributed by atoms with Crippen LogP contribution in [0.15, 0.2) is 71.9 Å². The van der Waals surface area contributed by atoms with Gasteiger partial charge in [0.1, 0.15) is 0 Å². The van der Waals surface area contributed by atoms with Gasteiger partial charge < -0.3 is 19.5 Å². The summed E-state index contributed by atoms with van der Waals surface area (Å²) in [6.07, 6.45) is -0.594. The van der Waals surface area contributed by atoms with E-state index in [1.807, 2.05) is 48.5 Å². The lowest BCUT2D eigenvalue weighted by atomic mass is 10.1. The normalized spacial score (nSPS) is 14.1. The minimum Gasteiger partial charge on any atom is -0.493 e. The van der Waals surface area contributed by atoms with E-state index in [0.29, 0.717) is 33.3 Å². The zero-order chi connectivity index (χ0) is 23.5. The minimum atomic E-state index is -0.594. The van der Waals surface area contributed by atoms with E-state index in [-0.39, 0.29) is 0 Å². The van der Waals surface area contributed by atoms with Crippen LogP contribution in [0.4, 0.5) is 5.69 Å². The zero-order valence-electron chi connectivity index (χ0n) is 18.5. The number of nitrogens with one attached hydrogen (secondary N) is 1. The molecule has 0 bridgehead atoms. The third-order valence-corrected chi connectivity index (χ3v) is 6.49. The van der Waals surface area contributed by atoms with Gasteiger partial charge in [0.2, 0.25) is 11.0 Å². The summed E-state index contributed by atoms with van der Waals surface area (Å²) in [6, 6.07) is 21.6. The SMILES string of the molecule is COc1cc([C@H]2Nc3ccccc3-c3nnc(SCc4ccccc4)nc3O2)cc(Cl)c1OC. The van der Waals surface area contributed by atoms with Gasteiger partial charge in [-0.25, -0.2) is 0 Å². The van der Waals surface area contributed by atoms with Crippen LogP contribution in [-0.2, 0) is 5.75 Å². The van der Waals surface area contributed by atoms with Crippen molar-refractivity contribution in [2.75, 3.05) is 19.5 Å². The molecule has 172 valence electrons. The van der Waals surface area contributed by atoms with E-state index in [4.69, 9.17) is 30.8 Å². The van der Waals surface area contributed by atoms with Gasteiger partial charge in [0.15, 0.2) is 23.4 Å². The highest BCUT2D eigenvalue weighted by molar-refractivity contribution is 7.98. The molecule has 0 aliphatic carbocycles. The first kappa shape index (κ1) is 22.3. The standard InChI is InChI=1S/C25H21ClN4O3S/c1-31-20-13-16(12-18(26)22(20)32-2)23-27-19-11-7-6-10-17(19)21-24(33-23)28-25(30-29-21)34-14-15-8-4-3-5-9-15/h3-13,23,27H,14H2,1-2H3/t23-/m0/s1. The topological polar surface area (TPSA) is 78.4 Å². The Bertz CT molecular complexity index is 1320. The summed E-state index contributed by atoms with van der Waals surface area (Å²) in [5.41, 5.74) is 4.20. The fourth-order valence-electron chi connectivity index (χ4n) is 3.67. The average molecular weight is 493 g/mol. The molecule has 0 radical (unpaired) electrons. The highest BCUT2D eigenvalue weighted by atomic mass is 35.5. The molecule has 1 aliphatic heterocycles. The molecular formula is C25H21ClN4O3S. The second-order valence-corrected chi connectivity index (χ2v) is 8.80. The van der Waals surface area contributed by atoms with E-state index in [1.165, 1.54) is 17.3 Å². The molecule has 5 rings (SSSR count). The quantitative estimate of drug-likeness (QED) is 0.328. The van der Waals surface area contributed by atoms with Crippen molar-refractivity contribution in [1.82, 2.24) is 15.2 Å². The highest BCUT2D eigenvalue weighted by Crippen LogP contribution is 2.43. The number of para-hydroxylation sites is 1. The number of hydrogen-bond donors (Lipinski definition) is 1. The number of aromatic nitrogens is 3. The van der Waals surface area contributed by atoms with E-state index in [2.05, 4.69) is 27.6 Å². The predicted molar refractivity (Wildman–Crippen MR) is 133 cm³/mol. The number of ether oxygens (including phenoxy) is 3. The molecule has 1 aliphatic rings. The predicted octanol–water partition coefficient (Wildman–Crippen LogP) is 6.00. The van der Waals surface area contributed by atoms with Crippen LogP contribution in [0.5, 0.6) is 17.4 Å². The van der Waals surface area contributed by atoms with Crippen LogP contribution in [-0.4, -0.2) is 29.4 Å². The van der Waals surface area contributed by atoms with Gasteiger partial charge in [-0.2, -0.15) is 4.98 Å². The number of halogens is 1. The monoisotopic (exact) mass is 492 g/mol. The number of nitrogens with zero attached hydrogens (tertiary/aromatic N) is 3. The Labute approximate surface area is 206 Å². The lowest BCUT2D eigenvalue weighted by molar-refractivity contribution is 0.224. The molecule has 1 atom stereocenters. The Morgan fingerprint density at radius 3 is 2.59 bits per heavy atom. The lowest BCUT2D eigenvalue weighted by Crippen LogP contribution is -2.17. The average Bonchev–Trinajstić information content (AvgIpc) is 3.04. The summed E-state index contributed by atoms with van der Waals surface area (Å²) in [6.45, 7) is 0. The minimum absolute atomic E-state index is 0.388. The molecule has 1 aromatic heterocycles. The summed E-state index contributed by atoms with van der Waals surface area (Å²) in [5.74, 6) is 2.09. The molecule has 4 aromatic rings. The third-order valence-electron chi connectivity index (χ3n) is 5.30. The summed E-state index contributed by atoms with van der Waals surface area (Å²) in [7, 11) is 3.12. The van der Waals surface area contributed by atoms with Gasteiger partial charge in [0, 0.05) is 22.6 Å².